The third-order valence-electron chi connectivity index (χ3n) is 2.68. The van der Waals surface area contributed by atoms with Crippen molar-refractivity contribution in [3.63, 3.8) is 0 Å². The second kappa shape index (κ2) is 6.89. The maximum Gasteiger partial charge on any atom is 0.256 e. The van der Waals surface area contributed by atoms with Crippen molar-refractivity contribution in [2.24, 2.45) is 5.73 Å². The average molecular weight is 303 g/mol. The molecule has 106 valence electrons. The lowest BCUT2D eigenvalue weighted by Crippen LogP contribution is -2.14. The maximum absolute atomic E-state index is 13.0. The number of halogens is 2. The van der Waals surface area contributed by atoms with Gasteiger partial charge in [0.25, 0.3) is 5.91 Å². The lowest BCUT2D eigenvalue weighted by molar-refractivity contribution is 0.102. The van der Waals surface area contributed by atoms with Crippen LogP contribution in [0.1, 0.15) is 15.9 Å². The molecule has 0 saturated heterocycles. The molecule has 0 spiro atoms. The monoisotopic (exact) mass is 302 g/mol. The van der Waals surface area contributed by atoms with Gasteiger partial charge in [-0.05, 0) is 30.3 Å². The van der Waals surface area contributed by atoms with E-state index in [1.807, 2.05) is 0 Å². The van der Waals surface area contributed by atoms with Crippen LogP contribution in [0.3, 0.4) is 0 Å². The summed E-state index contributed by atoms with van der Waals surface area (Å²) in [5.74, 6) is 4.70. The van der Waals surface area contributed by atoms with Gasteiger partial charge in [-0.15, -0.1) is 0 Å². The maximum atomic E-state index is 13.0. The number of anilines is 1. The van der Waals surface area contributed by atoms with Crippen molar-refractivity contribution in [1.82, 2.24) is 0 Å². The molecule has 5 heteroatoms. The van der Waals surface area contributed by atoms with Gasteiger partial charge in [-0.1, -0.05) is 35.6 Å². The van der Waals surface area contributed by atoms with Crippen LogP contribution in [0, 0.1) is 17.7 Å². The van der Waals surface area contributed by atoms with Crippen LogP contribution in [0.2, 0.25) is 5.02 Å². The first kappa shape index (κ1) is 15.0. The van der Waals surface area contributed by atoms with Gasteiger partial charge in [0.15, 0.2) is 0 Å². The fourth-order valence-electron chi connectivity index (χ4n) is 1.72. The Morgan fingerprint density at radius 2 is 2.05 bits per heavy atom. The number of nitrogens with two attached hydrogens (primary N) is 1. The van der Waals surface area contributed by atoms with E-state index in [-0.39, 0.29) is 17.5 Å². The van der Waals surface area contributed by atoms with Crippen molar-refractivity contribution in [2.45, 2.75) is 0 Å². The van der Waals surface area contributed by atoms with E-state index in [1.165, 1.54) is 12.1 Å². The molecule has 2 aromatic carbocycles. The summed E-state index contributed by atoms with van der Waals surface area (Å²) in [6, 6.07) is 10.6. The second-order valence-electron chi connectivity index (χ2n) is 4.13. The predicted octanol–water partition coefficient (Wildman–Crippen LogP) is 3.04. The standard InChI is InChI=1S/C16H12ClFN2O/c17-14-10-12(18)7-8-15(14)20-16(21)13-6-2-1-4-11(13)5-3-9-19/h1-2,4,6-8,10H,9,19H2,(H,20,21). The normalized spacial score (nSPS) is 9.67. The van der Waals surface area contributed by atoms with E-state index >= 15 is 0 Å². The van der Waals surface area contributed by atoms with Crippen LogP contribution in [0.15, 0.2) is 42.5 Å². The van der Waals surface area contributed by atoms with Gasteiger partial charge in [0.2, 0.25) is 0 Å². The first-order valence-corrected chi connectivity index (χ1v) is 6.54. The van der Waals surface area contributed by atoms with Gasteiger partial charge in [-0.2, -0.15) is 0 Å². The molecule has 21 heavy (non-hydrogen) atoms. The fraction of sp³-hybridized carbons (Fsp3) is 0.0625. The van der Waals surface area contributed by atoms with Gasteiger partial charge in [0.1, 0.15) is 5.82 Å². The molecule has 0 aliphatic heterocycles. The highest BCUT2D eigenvalue weighted by atomic mass is 35.5. The molecule has 0 saturated carbocycles. The molecule has 0 bridgehead atoms. The molecular weight excluding hydrogens is 291 g/mol. The van der Waals surface area contributed by atoms with Gasteiger partial charge in [-0.25, -0.2) is 4.39 Å². The van der Waals surface area contributed by atoms with Gasteiger partial charge in [0.05, 0.1) is 22.8 Å². The van der Waals surface area contributed by atoms with E-state index in [1.54, 1.807) is 24.3 Å². The van der Waals surface area contributed by atoms with E-state index in [2.05, 4.69) is 17.2 Å². The second-order valence-corrected chi connectivity index (χ2v) is 4.54. The zero-order valence-electron chi connectivity index (χ0n) is 11.0. The van der Waals surface area contributed by atoms with Crippen LogP contribution in [-0.4, -0.2) is 12.5 Å². The number of nitrogens with one attached hydrogen (secondary N) is 1. The van der Waals surface area contributed by atoms with Crippen LogP contribution in [0.5, 0.6) is 0 Å². The van der Waals surface area contributed by atoms with Crippen molar-refractivity contribution in [2.75, 3.05) is 11.9 Å². The SMILES string of the molecule is NCC#Cc1ccccc1C(=O)Nc1ccc(F)cc1Cl. The minimum absolute atomic E-state index is 0.133. The topological polar surface area (TPSA) is 55.1 Å². The summed E-state index contributed by atoms with van der Waals surface area (Å²) in [7, 11) is 0. The van der Waals surface area contributed by atoms with Crippen molar-refractivity contribution in [3.05, 3.63) is 64.4 Å². The quantitative estimate of drug-likeness (QED) is 0.838. The molecule has 2 aromatic rings. The Labute approximate surface area is 126 Å². The summed E-state index contributed by atoms with van der Waals surface area (Å²) in [5.41, 5.74) is 6.64. The Balaban J connectivity index is 2.28. The van der Waals surface area contributed by atoms with Crippen molar-refractivity contribution >= 4 is 23.2 Å². The molecule has 3 N–H and O–H groups in total. The minimum atomic E-state index is -0.466. The van der Waals surface area contributed by atoms with Crippen molar-refractivity contribution < 1.29 is 9.18 Å². The third kappa shape index (κ3) is 3.82. The molecule has 0 aliphatic rings. The van der Waals surface area contributed by atoms with Crippen LogP contribution in [0.4, 0.5) is 10.1 Å². The Morgan fingerprint density at radius 1 is 1.29 bits per heavy atom. The number of amides is 1. The smallest absolute Gasteiger partial charge is 0.256 e. The number of hydrogen-bond acceptors (Lipinski definition) is 2. The Bertz CT molecular complexity index is 735. The minimum Gasteiger partial charge on any atom is -0.321 e. The first-order valence-electron chi connectivity index (χ1n) is 6.16. The predicted molar refractivity (Wildman–Crippen MR) is 81.7 cm³/mol. The van der Waals surface area contributed by atoms with E-state index in [4.69, 9.17) is 17.3 Å². The van der Waals surface area contributed by atoms with Gasteiger partial charge >= 0.3 is 0 Å². The summed E-state index contributed by atoms with van der Waals surface area (Å²) in [5, 5.41) is 2.77. The molecule has 0 aromatic heterocycles. The van der Waals surface area contributed by atoms with Crippen molar-refractivity contribution in [3.8, 4) is 11.8 Å². The number of carbonyl (C=O) groups excluding carboxylic acids is 1. The lowest BCUT2D eigenvalue weighted by atomic mass is 10.1. The number of hydrogen-bond donors (Lipinski definition) is 2. The molecule has 2 rings (SSSR count). The molecule has 0 radical (unpaired) electrons. The molecule has 1 amide bonds. The van der Waals surface area contributed by atoms with Gasteiger partial charge < -0.3 is 11.1 Å². The van der Waals surface area contributed by atoms with E-state index in [0.29, 0.717) is 16.8 Å². The molecule has 0 atom stereocenters. The van der Waals surface area contributed by atoms with E-state index in [0.717, 1.165) is 6.07 Å². The lowest BCUT2D eigenvalue weighted by Gasteiger charge is -2.08. The summed E-state index contributed by atoms with van der Waals surface area (Å²) in [6.45, 7) is 0.208. The van der Waals surface area contributed by atoms with Crippen LogP contribution < -0.4 is 11.1 Å². The molecule has 0 unspecified atom stereocenters. The highest BCUT2D eigenvalue weighted by Crippen LogP contribution is 2.23. The van der Waals surface area contributed by atoms with E-state index < -0.39 is 5.82 Å². The Morgan fingerprint density at radius 3 is 2.76 bits per heavy atom. The van der Waals surface area contributed by atoms with Gasteiger partial charge in [0, 0.05) is 5.56 Å². The number of carbonyl (C=O) groups is 1. The molecule has 3 nitrogen and oxygen atoms in total. The van der Waals surface area contributed by atoms with Crippen molar-refractivity contribution in [1.29, 1.82) is 0 Å². The average Bonchev–Trinajstić information content (AvgIpc) is 2.48. The molecule has 0 aliphatic carbocycles. The molecule has 0 heterocycles. The zero-order valence-corrected chi connectivity index (χ0v) is 11.7. The summed E-state index contributed by atoms with van der Waals surface area (Å²) in [6.07, 6.45) is 0. The van der Waals surface area contributed by atoms with Crippen LogP contribution in [-0.2, 0) is 0 Å². The third-order valence-corrected chi connectivity index (χ3v) is 2.99. The summed E-state index contributed by atoms with van der Waals surface area (Å²) >= 11 is 5.89. The molecular formula is C16H12ClFN2O. The Kier molecular flexibility index (Phi) is 4.94. The number of rotatable bonds is 2. The largest absolute Gasteiger partial charge is 0.321 e. The number of benzene rings is 2. The van der Waals surface area contributed by atoms with Gasteiger partial charge in [-0.3, -0.25) is 4.79 Å². The highest BCUT2D eigenvalue weighted by Gasteiger charge is 2.12. The van der Waals surface area contributed by atoms with Crippen LogP contribution in [0.25, 0.3) is 0 Å². The van der Waals surface area contributed by atoms with Crippen LogP contribution >= 0.6 is 11.6 Å². The molecule has 0 fully saturated rings. The summed E-state index contributed by atoms with van der Waals surface area (Å²) in [4.78, 5) is 12.3. The first-order chi connectivity index (χ1) is 10.1. The Hall–Kier alpha value is -2.35. The fourth-order valence-corrected chi connectivity index (χ4v) is 1.93. The summed E-state index contributed by atoms with van der Waals surface area (Å²) < 4.78 is 13.0. The highest BCUT2D eigenvalue weighted by molar-refractivity contribution is 6.33. The van der Waals surface area contributed by atoms with E-state index in [9.17, 15) is 9.18 Å². The zero-order chi connectivity index (χ0) is 15.2.